The van der Waals surface area contributed by atoms with E-state index >= 15 is 0 Å². The van der Waals surface area contributed by atoms with Gasteiger partial charge < -0.3 is 15.7 Å². The number of aliphatic hydroxyl groups is 1. The molecule has 0 fully saturated rings. The van der Waals surface area contributed by atoms with Crippen molar-refractivity contribution in [1.29, 1.82) is 0 Å². The van der Waals surface area contributed by atoms with Gasteiger partial charge in [0.05, 0.1) is 12.1 Å². The van der Waals surface area contributed by atoms with Crippen LogP contribution in [0.2, 0.25) is 0 Å². The summed E-state index contributed by atoms with van der Waals surface area (Å²) >= 11 is 0. The Hall–Kier alpha value is -2.23. The highest BCUT2D eigenvalue weighted by Crippen LogP contribution is 2.17. The molecule has 5 nitrogen and oxygen atoms in total. The van der Waals surface area contributed by atoms with E-state index in [4.69, 9.17) is 0 Å². The molecule has 1 rings (SSSR count). The van der Waals surface area contributed by atoms with Gasteiger partial charge in [-0.25, -0.2) is 8.78 Å². The molecule has 0 spiro atoms. The van der Waals surface area contributed by atoms with Crippen LogP contribution >= 0.6 is 0 Å². The summed E-state index contributed by atoms with van der Waals surface area (Å²) in [5, 5.41) is 13.3. The summed E-state index contributed by atoms with van der Waals surface area (Å²) in [5.74, 6) is -3.69. The summed E-state index contributed by atoms with van der Waals surface area (Å²) in [6.07, 6.45) is -12.0. The standard InChI is InChI=1S/C15H17F5N2O3/c1-8(9-5-3-2-4-6-9)21-13(24)12(23)10(7-11(16)17)22-14(25)15(18,19)20/h2-6,8,10-12,23H,7H2,1H3,(H,21,24)(H,22,25)/t8-,10+,12?/m0/s1. The lowest BCUT2D eigenvalue weighted by Gasteiger charge is -2.25. The minimum atomic E-state index is -5.33. The number of carbonyl (C=O) groups excluding carboxylic acids is 2. The van der Waals surface area contributed by atoms with Gasteiger partial charge in [-0.2, -0.15) is 13.2 Å². The quantitative estimate of drug-likeness (QED) is 0.644. The molecule has 140 valence electrons. The van der Waals surface area contributed by atoms with E-state index in [1.807, 2.05) is 0 Å². The predicted molar refractivity (Wildman–Crippen MR) is 77.6 cm³/mol. The fourth-order valence-corrected chi connectivity index (χ4v) is 2.02. The van der Waals surface area contributed by atoms with Gasteiger partial charge in [0.2, 0.25) is 6.43 Å². The average molecular weight is 368 g/mol. The van der Waals surface area contributed by atoms with Crippen molar-refractivity contribution in [1.82, 2.24) is 10.6 Å². The molecule has 0 aromatic heterocycles. The number of hydrogen-bond acceptors (Lipinski definition) is 3. The highest BCUT2D eigenvalue weighted by atomic mass is 19.4. The normalized spacial score (nSPS) is 15.4. The minimum absolute atomic E-state index is 0.631. The smallest absolute Gasteiger partial charge is 0.381 e. The van der Waals surface area contributed by atoms with Crippen LogP contribution in [0.15, 0.2) is 30.3 Å². The van der Waals surface area contributed by atoms with Crippen LogP contribution in [-0.2, 0) is 9.59 Å². The zero-order chi connectivity index (χ0) is 19.2. The maximum absolute atomic E-state index is 12.5. The van der Waals surface area contributed by atoms with Crippen LogP contribution in [-0.4, -0.2) is 41.7 Å². The zero-order valence-electron chi connectivity index (χ0n) is 13.1. The predicted octanol–water partition coefficient (Wildman–Crippen LogP) is 1.93. The summed E-state index contributed by atoms with van der Waals surface area (Å²) in [6.45, 7) is 1.54. The van der Waals surface area contributed by atoms with Gasteiger partial charge in [0.15, 0.2) is 6.10 Å². The zero-order valence-corrected chi connectivity index (χ0v) is 13.1. The van der Waals surface area contributed by atoms with E-state index in [9.17, 15) is 36.6 Å². The van der Waals surface area contributed by atoms with Gasteiger partial charge in [0.25, 0.3) is 5.91 Å². The molecule has 0 aliphatic carbocycles. The molecule has 0 aliphatic rings. The van der Waals surface area contributed by atoms with E-state index in [1.165, 1.54) is 12.2 Å². The molecular weight excluding hydrogens is 351 g/mol. The summed E-state index contributed by atoms with van der Waals surface area (Å²) in [7, 11) is 0. The molecule has 1 unspecified atom stereocenters. The summed E-state index contributed by atoms with van der Waals surface area (Å²) in [4.78, 5) is 22.8. The first-order valence-electron chi connectivity index (χ1n) is 7.21. The number of halogens is 5. The molecule has 25 heavy (non-hydrogen) atoms. The first-order valence-corrected chi connectivity index (χ1v) is 7.21. The van der Waals surface area contributed by atoms with Crippen LogP contribution < -0.4 is 10.6 Å². The van der Waals surface area contributed by atoms with Crippen molar-refractivity contribution in [2.75, 3.05) is 0 Å². The van der Waals surface area contributed by atoms with Crippen molar-refractivity contribution in [2.24, 2.45) is 0 Å². The number of hydrogen-bond donors (Lipinski definition) is 3. The fourth-order valence-electron chi connectivity index (χ4n) is 2.02. The molecule has 0 saturated carbocycles. The minimum Gasteiger partial charge on any atom is -0.381 e. The van der Waals surface area contributed by atoms with Crippen molar-refractivity contribution in [3.8, 4) is 0 Å². The maximum Gasteiger partial charge on any atom is 0.471 e. The Morgan fingerprint density at radius 2 is 1.68 bits per heavy atom. The molecular formula is C15H17F5N2O3. The molecule has 0 heterocycles. The van der Waals surface area contributed by atoms with Crippen molar-refractivity contribution >= 4 is 11.8 Å². The van der Waals surface area contributed by atoms with Crippen molar-refractivity contribution in [3.63, 3.8) is 0 Å². The molecule has 3 N–H and O–H groups in total. The molecule has 0 aliphatic heterocycles. The van der Waals surface area contributed by atoms with Crippen molar-refractivity contribution in [2.45, 2.75) is 44.1 Å². The third-order valence-corrected chi connectivity index (χ3v) is 3.31. The van der Waals surface area contributed by atoms with E-state index in [2.05, 4.69) is 5.32 Å². The Labute approximate surface area is 140 Å². The van der Waals surface area contributed by atoms with E-state index in [-0.39, 0.29) is 0 Å². The van der Waals surface area contributed by atoms with Gasteiger partial charge in [0.1, 0.15) is 0 Å². The van der Waals surface area contributed by atoms with Gasteiger partial charge in [-0.1, -0.05) is 30.3 Å². The molecule has 0 saturated heterocycles. The van der Waals surface area contributed by atoms with Gasteiger partial charge in [-0.15, -0.1) is 0 Å². The lowest BCUT2D eigenvalue weighted by atomic mass is 10.0. The highest BCUT2D eigenvalue weighted by Gasteiger charge is 2.42. The Kier molecular flexibility index (Phi) is 7.28. The topological polar surface area (TPSA) is 78.4 Å². The number of rotatable bonds is 7. The van der Waals surface area contributed by atoms with E-state index in [0.717, 1.165) is 0 Å². The summed E-state index contributed by atoms with van der Waals surface area (Å²) in [6, 6.07) is 5.66. The van der Waals surface area contributed by atoms with Crippen molar-refractivity contribution < 1.29 is 36.6 Å². The number of alkyl halides is 5. The van der Waals surface area contributed by atoms with Gasteiger partial charge >= 0.3 is 12.1 Å². The van der Waals surface area contributed by atoms with Crippen LogP contribution in [0.4, 0.5) is 22.0 Å². The average Bonchev–Trinajstić information content (AvgIpc) is 2.52. The van der Waals surface area contributed by atoms with Gasteiger partial charge in [-0.05, 0) is 12.5 Å². The largest absolute Gasteiger partial charge is 0.471 e. The van der Waals surface area contributed by atoms with Crippen LogP contribution in [0, 0.1) is 0 Å². The summed E-state index contributed by atoms with van der Waals surface area (Å²) < 4.78 is 61.8. The van der Waals surface area contributed by atoms with Crippen molar-refractivity contribution in [3.05, 3.63) is 35.9 Å². The van der Waals surface area contributed by atoms with Gasteiger partial charge in [-0.3, -0.25) is 9.59 Å². The number of carbonyl (C=O) groups is 2. The molecule has 1 aromatic carbocycles. The lowest BCUT2D eigenvalue weighted by Crippen LogP contribution is -2.54. The summed E-state index contributed by atoms with van der Waals surface area (Å²) in [5.41, 5.74) is 0.632. The van der Waals surface area contributed by atoms with E-state index < -0.39 is 49.0 Å². The Balaban J connectivity index is 2.80. The molecule has 10 heteroatoms. The second-order valence-corrected chi connectivity index (χ2v) is 5.29. The first kappa shape index (κ1) is 20.8. The third-order valence-electron chi connectivity index (χ3n) is 3.31. The Morgan fingerprint density at radius 1 is 1.12 bits per heavy atom. The van der Waals surface area contributed by atoms with Crippen LogP contribution in [0.25, 0.3) is 0 Å². The molecule has 0 radical (unpaired) electrons. The molecule has 1 aromatic rings. The fraction of sp³-hybridized carbons (Fsp3) is 0.467. The second kappa shape index (κ2) is 8.75. The lowest BCUT2D eigenvalue weighted by molar-refractivity contribution is -0.175. The molecule has 0 bridgehead atoms. The number of benzene rings is 1. The monoisotopic (exact) mass is 368 g/mol. The molecule has 3 atom stereocenters. The SMILES string of the molecule is C[C@H](NC(=O)C(O)[C@@H](CC(F)F)NC(=O)C(F)(F)F)c1ccccc1. The molecule has 2 amide bonds. The van der Waals surface area contributed by atoms with Crippen LogP contribution in [0.5, 0.6) is 0 Å². The number of aliphatic hydroxyl groups excluding tert-OH is 1. The number of nitrogens with one attached hydrogen (secondary N) is 2. The Morgan fingerprint density at radius 3 is 2.16 bits per heavy atom. The maximum atomic E-state index is 12.5. The third kappa shape index (κ3) is 6.65. The van der Waals surface area contributed by atoms with Crippen LogP contribution in [0.3, 0.4) is 0 Å². The Bertz CT molecular complexity index is 580. The van der Waals surface area contributed by atoms with Crippen LogP contribution in [0.1, 0.15) is 24.9 Å². The van der Waals surface area contributed by atoms with E-state index in [1.54, 1.807) is 30.3 Å². The first-order chi connectivity index (χ1) is 11.5. The second-order valence-electron chi connectivity index (χ2n) is 5.29. The van der Waals surface area contributed by atoms with Gasteiger partial charge in [0, 0.05) is 6.42 Å². The highest BCUT2D eigenvalue weighted by molar-refractivity contribution is 5.85. The number of amides is 2. The van der Waals surface area contributed by atoms with E-state index in [0.29, 0.717) is 5.56 Å².